The van der Waals surface area contributed by atoms with Gasteiger partial charge in [0.25, 0.3) is 0 Å². The van der Waals surface area contributed by atoms with Gasteiger partial charge in [0.2, 0.25) is 11.8 Å². The number of ether oxygens (including phenoxy) is 2. The number of nitrogens with zero attached hydrogens (tertiary/aromatic N) is 1. The van der Waals surface area contributed by atoms with Crippen molar-refractivity contribution in [2.45, 2.75) is 75.1 Å². The number of nitrogen functional groups attached to an aromatic ring is 1. The Morgan fingerprint density at radius 2 is 1.49 bits per heavy atom. The first-order valence-corrected chi connectivity index (χ1v) is 17.0. The molecule has 0 saturated carbocycles. The number of aliphatic hydroxyl groups excluding tert-OH is 1. The summed E-state index contributed by atoms with van der Waals surface area (Å²) in [5, 5.41) is 16.2. The van der Waals surface area contributed by atoms with Crippen molar-refractivity contribution in [2.24, 2.45) is 0 Å². The van der Waals surface area contributed by atoms with Gasteiger partial charge >= 0.3 is 0 Å². The highest BCUT2D eigenvalue weighted by molar-refractivity contribution is 7.99. The fourth-order valence-electron chi connectivity index (χ4n) is 5.33. The molecular formula is C37H42N4O5S. The second-order valence-electron chi connectivity index (χ2n) is 11.5. The number of benzene rings is 3. The largest absolute Gasteiger partial charge is 0.397 e. The number of rotatable bonds is 15. The van der Waals surface area contributed by atoms with Crippen LogP contribution >= 0.6 is 11.8 Å². The first-order chi connectivity index (χ1) is 23.0. The molecule has 0 bridgehead atoms. The molecule has 4 aromatic rings. The summed E-state index contributed by atoms with van der Waals surface area (Å²) < 4.78 is 12.9. The molecule has 3 atom stereocenters. The molecule has 2 heterocycles. The Morgan fingerprint density at radius 1 is 0.809 bits per heavy atom. The maximum atomic E-state index is 12.6. The highest BCUT2D eigenvalue weighted by Gasteiger charge is 2.32. The topological polar surface area (TPSA) is 136 Å². The average molecular weight is 655 g/mol. The number of para-hydroxylation sites is 2. The standard InChI is InChI=1S/C37H42N4O5S/c38-31-9-5-6-10-32(31)41-35(44)12-4-2-1-3-11-34(43)40-29-20-18-28(19-21-29)37-45-30(25-47-36-13-7-8-22-39-36)23-33(46-37)27-16-14-26(24-42)15-17-27/h5-10,13-22,30,33,37,42H,1-4,11-12,23-25,38H2,(H,40,43)(H,41,44)/t30-,33+,37+/m0/s1. The van der Waals surface area contributed by atoms with Crippen molar-refractivity contribution in [1.82, 2.24) is 4.98 Å². The van der Waals surface area contributed by atoms with Crippen LogP contribution in [0.1, 0.15) is 74.0 Å². The first-order valence-electron chi connectivity index (χ1n) is 16.1. The molecule has 2 amide bonds. The van der Waals surface area contributed by atoms with Crippen LogP contribution in [0.2, 0.25) is 0 Å². The monoisotopic (exact) mass is 654 g/mol. The van der Waals surface area contributed by atoms with E-state index in [0.717, 1.165) is 53.2 Å². The Morgan fingerprint density at radius 3 is 2.17 bits per heavy atom. The molecule has 0 aliphatic carbocycles. The Hall–Kier alpha value is -4.22. The second-order valence-corrected chi connectivity index (χ2v) is 12.6. The molecule has 3 aromatic carbocycles. The van der Waals surface area contributed by atoms with Crippen LogP contribution < -0.4 is 16.4 Å². The molecule has 9 nitrogen and oxygen atoms in total. The van der Waals surface area contributed by atoms with E-state index in [9.17, 15) is 14.7 Å². The zero-order chi connectivity index (χ0) is 32.8. The van der Waals surface area contributed by atoms with Crippen molar-refractivity contribution >= 4 is 40.6 Å². The number of aliphatic hydroxyl groups is 1. The normalized spacial score (nSPS) is 17.6. The van der Waals surface area contributed by atoms with Crippen LogP contribution in [-0.4, -0.2) is 33.8 Å². The number of anilines is 3. The predicted molar refractivity (Wildman–Crippen MR) is 186 cm³/mol. The maximum absolute atomic E-state index is 12.6. The zero-order valence-corrected chi connectivity index (χ0v) is 27.2. The molecule has 1 fully saturated rings. The third-order valence-corrected chi connectivity index (χ3v) is 9.00. The van der Waals surface area contributed by atoms with Crippen LogP contribution in [0.4, 0.5) is 17.1 Å². The third kappa shape index (κ3) is 10.7. The summed E-state index contributed by atoms with van der Waals surface area (Å²) in [6, 6.07) is 28.5. The van der Waals surface area contributed by atoms with Crippen molar-refractivity contribution in [3.05, 3.63) is 114 Å². The number of pyridine rings is 1. The summed E-state index contributed by atoms with van der Waals surface area (Å²) in [5.74, 6) is 0.629. The van der Waals surface area contributed by atoms with Gasteiger partial charge in [-0.1, -0.05) is 67.4 Å². The summed E-state index contributed by atoms with van der Waals surface area (Å²) in [4.78, 5) is 29.2. The Balaban J connectivity index is 1.08. The van der Waals surface area contributed by atoms with Crippen molar-refractivity contribution in [3.63, 3.8) is 0 Å². The van der Waals surface area contributed by atoms with Gasteiger partial charge in [-0.2, -0.15) is 0 Å². The van der Waals surface area contributed by atoms with Crippen LogP contribution in [-0.2, 0) is 25.7 Å². The lowest BCUT2D eigenvalue weighted by Crippen LogP contribution is -2.31. The van der Waals surface area contributed by atoms with E-state index in [1.807, 2.05) is 78.9 Å². The van der Waals surface area contributed by atoms with Crippen molar-refractivity contribution in [2.75, 3.05) is 22.1 Å². The highest BCUT2D eigenvalue weighted by atomic mass is 32.2. The van der Waals surface area contributed by atoms with E-state index in [-0.39, 0.29) is 30.6 Å². The van der Waals surface area contributed by atoms with Crippen molar-refractivity contribution in [1.29, 1.82) is 0 Å². The first kappa shape index (κ1) is 34.1. The fourth-order valence-corrected chi connectivity index (χ4v) is 6.21. The van der Waals surface area contributed by atoms with E-state index in [2.05, 4.69) is 15.6 Å². The van der Waals surface area contributed by atoms with Gasteiger partial charge in [-0.3, -0.25) is 9.59 Å². The summed E-state index contributed by atoms with van der Waals surface area (Å²) in [6.45, 7) is -0.00399. The number of carbonyl (C=O) groups excluding carboxylic acids is 2. The summed E-state index contributed by atoms with van der Waals surface area (Å²) in [5.41, 5.74) is 10.5. The number of nitrogens with one attached hydrogen (secondary N) is 2. The smallest absolute Gasteiger partial charge is 0.224 e. The van der Waals surface area contributed by atoms with Gasteiger partial charge in [0.1, 0.15) is 0 Å². The van der Waals surface area contributed by atoms with E-state index in [1.54, 1.807) is 30.1 Å². The lowest BCUT2D eigenvalue weighted by molar-refractivity contribution is -0.245. The molecule has 0 radical (unpaired) electrons. The van der Waals surface area contributed by atoms with Gasteiger partial charge in [0.15, 0.2) is 6.29 Å². The van der Waals surface area contributed by atoms with Gasteiger partial charge in [-0.05, 0) is 60.4 Å². The van der Waals surface area contributed by atoms with Crippen LogP contribution in [0.25, 0.3) is 0 Å². The molecule has 5 N–H and O–H groups in total. The summed E-state index contributed by atoms with van der Waals surface area (Å²) >= 11 is 1.65. The Bertz CT molecular complexity index is 1570. The summed E-state index contributed by atoms with van der Waals surface area (Å²) in [6.07, 6.45) is 5.74. The molecule has 1 aromatic heterocycles. The number of aromatic nitrogens is 1. The molecule has 0 spiro atoms. The highest BCUT2D eigenvalue weighted by Crippen LogP contribution is 2.39. The second kappa shape index (κ2) is 17.6. The predicted octanol–water partition coefficient (Wildman–Crippen LogP) is 7.41. The molecule has 1 aliphatic heterocycles. The van der Waals surface area contributed by atoms with E-state index in [1.165, 1.54) is 0 Å². The minimum atomic E-state index is -0.572. The lowest BCUT2D eigenvalue weighted by Gasteiger charge is -2.36. The van der Waals surface area contributed by atoms with Gasteiger partial charge in [0, 0.05) is 42.5 Å². The maximum Gasteiger partial charge on any atom is 0.224 e. The van der Waals surface area contributed by atoms with Gasteiger partial charge < -0.3 is 30.9 Å². The molecule has 246 valence electrons. The lowest BCUT2D eigenvalue weighted by atomic mass is 10.0. The molecular weight excluding hydrogens is 612 g/mol. The van der Waals surface area contributed by atoms with E-state index in [4.69, 9.17) is 15.2 Å². The minimum absolute atomic E-state index is 0.00399. The Labute approximate surface area is 280 Å². The van der Waals surface area contributed by atoms with Crippen LogP contribution in [0.3, 0.4) is 0 Å². The quantitative estimate of drug-likeness (QED) is 0.0591. The molecule has 0 unspecified atom stereocenters. The van der Waals surface area contributed by atoms with Crippen molar-refractivity contribution in [3.8, 4) is 0 Å². The molecule has 47 heavy (non-hydrogen) atoms. The van der Waals surface area contributed by atoms with Crippen LogP contribution in [0, 0.1) is 0 Å². The molecule has 1 aliphatic rings. The number of unbranched alkanes of at least 4 members (excludes halogenated alkanes) is 3. The minimum Gasteiger partial charge on any atom is -0.397 e. The number of nitrogens with two attached hydrogens (primary N) is 1. The number of hydrogen-bond donors (Lipinski definition) is 4. The average Bonchev–Trinajstić information content (AvgIpc) is 3.10. The van der Waals surface area contributed by atoms with E-state index in [0.29, 0.717) is 36.3 Å². The van der Waals surface area contributed by atoms with Gasteiger partial charge in [0.05, 0.1) is 35.2 Å². The van der Waals surface area contributed by atoms with Gasteiger partial charge in [-0.25, -0.2) is 4.98 Å². The number of thioether (sulfide) groups is 1. The van der Waals surface area contributed by atoms with Crippen molar-refractivity contribution < 1.29 is 24.2 Å². The number of carbonyl (C=O) groups is 2. The van der Waals surface area contributed by atoms with E-state index >= 15 is 0 Å². The number of amides is 2. The molecule has 5 rings (SSSR count). The SMILES string of the molecule is Nc1ccccc1NC(=O)CCCCCCC(=O)Nc1ccc([C@@H]2O[C@H](CSc3ccccn3)C[C@H](c3ccc(CO)cc3)O2)cc1. The fraction of sp³-hybridized carbons (Fsp3) is 0.324. The molecule has 10 heteroatoms. The Kier molecular flexibility index (Phi) is 12.8. The summed E-state index contributed by atoms with van der Waals surface area (Å²) in [7, 11) is 0. The molecule has 1 saturated heterocycles. The van der Waals surface area contributed by atoms with Crippen LogP contribution in [0.15, 0.2) is 102 Å². The van der Waals surface area contributed by atoms with E-state index < -0.39 is 6.29 Å². The van der Waals surface area contributed by atoms with Crippen LogP contribution in [0.5, 0.6) is 0 Å². The zero-order valence-electron chi connectivity index (χ0n) is 26.3. The van der Waals surface area contributed by atoms with Gasteiger partial charge in [-0.15, -0.1) is 11.8 Å². The number of hydrogen-bond acceptors (Lipinski definition) is 8. The third-order valence-electron chi connectivity index (χ3n) is 7.93.